The van der Waals surface area contributed by atoms with E-state index < -0.39 is 40.8 Å². The Labute approximate surface area is 228 Å². The molecule has 0 aliphatic heterocycles. The number of carbonyl (C=O) groups is 2. The van der Waals surface area contributed by atoms with E-state index in [1.54, 1.807) is 6.07 Å². The molecule has 13 heteroatoms. The molecule has 3 aromatic carbocycles. The number of alkyl halides is 3. The van der Waals surface area contributed by atoms with Crippen LogP contribution in [0.2, 0.25) is 5.02 Å². The molecule has 0 aliphatic carbocycles. The Morgan fingerprint density at radius 1 is 1.07 bits per heavy atom. The van der Waals surface area contributed by atoms with Crippen molar-refractivity contribution in [3.63, 3.8) is 0 Å². The van der Waals surface area contributed by atoms with Gasteiger partial charge in [-0.25, -0.2) is 9.07 Å². The van der Waals surface area contributed by atoms with E-state index in [0.29, 0.717) is 11.8 Å². The average molecular weight is 578 g/mol. The molecule has 0 saturated heterocycles. The summed E-state index contributed by atoms with van der Waals surface area (Å²) in [6, 6.07) is 12.8. The van der Waals surface area contributed by atoms with Crippen molar-refractivity contribution in [2.45, 2.75) is 32.2 Å². The third-order valence-electron chi connectivity index (χ3n) is 6.12. The number of halogens is 5. The number of nitrogens with zero attached hydrogens (tertiary/aromatic N) is 3. The lowest BCUT2D eigenvalue weighted by Gasteiger charge is -2.13. The van der Waals surface area contributed by atoms with Crippen LogP contribution >= 0.6 is 11.6 Å². The first-order valence-corrected chi connectivity index (χ1v) is 12.2. The van der Waals surface area contributed by atoms with E-state index in [2.05, 4.69) is 10.3 Å². The van der Waals surface area contributed by atoms with Gasteiger partial charge >= 0.3 is 12.1 Å². The van der Waals surface area contributed by atoms with Crippen LogP contribution in [0.4, 0.5) is 17.6 Å². The second-order valence-electron chi connectivity index (χ2n) is 8.82. The summed E-state index contributed by atoms with van der Waals surface area (Å²) in [5, 5.41) is 16.8. The number of benzene rings is 3. The lowest BCUT2D eigenvalue weighted by Crippen LogP contribution is -2.27. The number of ether oxygens (including phenoxy) is 1. The summed E-state index contributed by atoms with van der Waals surface area (Å²) in [4.78, 5) is 37.2. The Morgan fingerprint density at radius 2 is 1.80 bits per heavy atom. The van der Waals surface area contributed by atoms with Gasteiger partial charge in [0.15, 0.2) is 5.78 Å². The summed E-state index contributed by atoms with van der Waals surface area (Å²) >= 11 is 5.75. The van der Waals surface area contributed by atoms with Crippen molar-refractivity contribution in [2.24, 2.45) is 5.92 Å². The minimum atomic E-state index is -4.62. The lowest BCUT2D eigenvalue weighted by atomic mass is 9.95. The van der Waals surface area contributed by atoms with Gasteiger partial charge in [0.1, 0.15) is 23.7 Å². The molecule has 0 amide bonds. The van der Waals surface area contributed by atoms with Gasteiger partial charge in [0, 0.05) is 24.1 Å². The van der Waals surface area contributed by atoms with Crippen LogP contribution in [0.3, 0.4) is 0 Å². The van der Waals surface area contributed by atoms with Crippen molar-refractivity contribution in [1.29, 1.82) is 0 Å². The molecule has 1 aromatic heterocycles. The zero-order valence-electron chi connectivity index (χ0n) is 20.5. The maximum atomic E-state index is 14.0. The van der Waals surface area contributed by atoms with Crippen LogP contribution in [0.25, 0.3) is 10.9 Å². The molecule has 208 valence electrons. The van der Waals surface area contributed by atoms with Gasteiger partial charge in [-0.3, -0.25) is 14.4 Å². The molecule has 1 N–H and O–H groups in total. The molecular formula is C27H20ClF4N3O5. The van der Waals surface area contributed by atoms with Crippen molar-refractivity contribution < 1.29 is 37.0 Å². The first-order valence-electron chi connectivity index (χ1n) is 11.8. The highest BCUT2D eigenvalue weighted by Crippen LogP contribution is 2.30. The Kier molecular flexibility index (Phi) is 8.48. The first kappa shape index (κ1) is 28.7. The molecular weight excluding hydrogens is 558 g/mol. The third kappa shape index (κ3) is 6.63. The van der Waals surface area contributed by atoms with Crippen molar-refractivity contribution in [2.75, 3.05) is 0 Å². The Balaban J connectivity index is 1.39. The van der Waals surface area contributed by atoms with Crippen molar-refractivity contribution in [1.82, 2.24) is 15.0 Å². The number of hydrogen-bond acceptors (Lipinski definition) is 6. The largest absolute Gasteiger partial charge is 0.489 e. The number of aliphatic carboxylic acids is 1. The number of carboxylic acids is 1. The van der Waals surface area contributed by atoms with Gasteiger partial charge in [0.2, 0.25) is 0 Å². The summed E-state index contributed by atoms with van der Waals surface area (Å²) in [7, 11) is 0. The molecule has 0 saturated carbocycles. The van der Waals surface area contributed by atoms with E-state index in [0.717, 1.165) is 16.8 Å². The Hall–Kier alpha value is -4.32. The van der Waals surface area contributed by atoms with Crippen molar-refractivity contribution in [3.8, 4) is 5.75 Å². The third-order valence-corrected chi connectivity index (χ3v) is 6.41. The van der Waals surface area contributed by atoms with E-state index in [1.807, 2.05) is 0 Å². The highest BCUT2D eigenvalue weighted by molar-refractivity contribution is 6.30. The van der Waals surface area contributed by atoms with Crippen LogP contribution in [0.1, 0.15) is 34.3 Å². The molecule has 8 nitrogen and oxygen atoms in total. The fourth-order valence-corrected chi connectivity index (χ4v) is 4.08. The van der Waals surface area contributed by atoms with Crippen LogP contribution in [-0.2, 0) is 24.1 Å². The van der Waals surface area contributed by atoms with Crippen LogP contribution in [0.15, 0.2) is 65.5 Å². The summed E-state index contributed by atoms with van der Waals surface area (Å²) < 4.78 is 59.1. The molecule has 0 aliphatic rings. The van der Waals surface area contributed by atoms with E-state index in [-0.39, 0.29) is 53.0 Å². The Morgan fingerprint density at radius 3 is 2.48 bits per heavy atom. The van der Waals surface area contributed by atoms with E-state index in [4.69, 9.17) is 16.3 Å². The number of aromatic nitrogens is 3. The Bertz CT molecular complexity index is 1620. The minimum Gasteiger partial charge on any atom is -0.489 e. The normalized spacial score (nSPS) is 12.3. The molecule has 4 aromatic rings. The molecule has 1 unspecified atom stereocenters. The van der Waals surface area contributed by atoms with Crippen LogP contribution in [0.5, 0.6) is 5.75 Å². The van der Waals surface area contributed by atoms with Crippen molar-refractivity contribution >= 4 is 34.3 Å². The molecule has 1 heterocycles. The molecule has 40 heavy (non-hydrogen) atoms. The number of hydrogen-bond donors (Lipinski definition) is 1. The molecule has 1 atom stereocenters. The lowest BCUT2D eigenvalue weighted by molar-refractivity contribution is -0.142. The number of carboxylic acid groups (broad SMARTS) is 1. The number of ketones is 1. The summed E-state index contributed by atoms with van der Waals surface area (Å²) in [5.41, 5.74) is -1.49. The highest BCUT2D eigenvalue weighted by atomic mass is 35.5. The number of carbonyl (C=O) groups excluding carboxylic acids is 1. The number of rotatable bonds is 10. The van der Waals surface area contributed by atoms with E-state index >= 15 is 0 Å². The van der Waals surface area contributed by atoms with Crippen molar-refractivity contribution in [3.05, 3.63) is 98.5 Å². The molecule has 4 rings (SSSR count). The van der Waals surface area contributed by atoms with Gasteiger partial charge in [0.25, 0.3) is 5.56 Å². The van der Waals surface area contributed by atoms with Crippen LogP contribution in [0, 0.1) is 11.7 Å². The van der Waals surface area contributed by atoms with Gasteiger partial charge in [-0.2, -0.15) is 13.2 Å². The average Bonchev–Trinajstić information content (AvgIpc) is 2.92. The molecule has 0 bridgehead atoms. The summed E-state index contributed by atoms with van der Waals surface area (Å²) in [6.45, 7) is -0.318. The quantitative estimate of drug-likeness (QED) is 0.194. The van der Waals surface area contributed by atoms with Crippen LogP contribution in [-0.4, -0.2) is 31.9 Å². The van der Waals surface area contributed by atoms with Gasteiger partial charge in [-0.05, 0) is 55.0 Å². The zero-order chi connectivity index (χ0) is 29.0. The summed E-state index contributed by atoms with van der Waals surface area (Å²) in [6.07, 6.45) is -5.15. The second kappa shape index (κ2) is 11.8. The fourth-order valence-electron chi connectivity index (χ4n) is 3.89. The number of aryl methyl sites for hydroxylation is 1. The minimum absolute atomic E-state index is 0.0351. The number of fused-ring (bicyclic) bond motifs is 1. The maximum absolute atomic E-state index is 14.0. The molecule has 0 fully saturated rings. The van der Waals surface area contributed by atoms with E-state index in [9.17, 15) is 37.1 Å². The predicted molar refractivity (Wildman–Crippen MR) is 136 cm³/mol. The summed E-state index contributed by atoms with van der Waals surface area (Å²) in [5.74, 6) is -3.17. The van der Waals surface area contributed by atoms with Gasteiger partial charge in [-0.1, -0.05) is 28.9 Å². The highest BCUT2D eigenvalue weighted by Gasteiger charge is 2.31. The van der Waals surface area contributed by atoms with Gasteiger partial charge < -0.3 is 9.84 Å². The number of Topliss-reactive ketones (excluding diaryl/α,β-unsaturated/α-hetero) is 1. The van der Waals surface area contributed by atoms with Gasteiger partial charge in [-0.15, -0.1) is 5.10 Å². The predicted octanol–water partition coefficient (Wildman–Crippen LogP) is 5.55. The maximum Gasteiger partial charge on any atom is 0.416 e. The smallest absolute Gasteiger partial charge is 0.416 e. The SMILES string of the molecule is O=C(CC(CCn1nnc2cc(C(F)(F)F)ccc2c1=O)C(=O)O)c1ccc(OCc2cccc(Cl)c2F)cc1. The topological polar surface area (TPSA) is 111 Å². The van der Waals surface area contributed by atoms with Gasteiger partial charge in [0.05, 0.1) is 21.9 Å². The first-order chi connectivity index (χ1) is 18.9. The second-order valence-corrected chi connectivity index (χ2v) is 9.23. The monoisotopic (exact) mass is 577 g/mol. The zero-order valence-corrected chi connectivity index (χ0v) is 21.2. The molecule has 0 spiro atoms. The van der Waals surface area contributed by atoms with Crippen LogP contribution < -0.4 is 10.3 Å². The van der Waals surface area contributed by atoms with E-state index in [1.165, 1.54) is 36.4 Å². The fraction of sp³-hybridized carbons (Fsp3) is 0.222. The molecule has 0 radical (unpaired) electrons. The standard InChI is InChI=1S/C27H20ClF4N3O5/c28-21-3-1-2-17(24(21)29)14-40-19-7-4-15(5-8-19)23(36)12-16(26(38)39)10-11-35-25(37)20-9-6-18(27(30,31)32)13-22(20)33-34-35/h1-9,13,16H,10-12,14H2,(H,38,39).